The number of alkyl halides is 3. The van der Waals surface area contributed by atoms with Crippen molar-refractivity contribution in [3.05, 3.63) is 22.2 Å². The van der Waals surface area contributed by atoms with Gasteiger partial charge in [0.05, 0.1) is 4.47 Å². The van der Waals surface area contributed by atoms with E-state index in [9.17, 15) is 18.0 Å². The van der Waals surface area contributed by atoms with E-state index >= 15 is 0 Å². The highest BCUT2D eigenvalue weighted by atomic mass is 79.9. The molecule has 19 heavy (non-hydrogen) atoms. The molecule has 2 N–H and O–H groups in total. The molecule has 1 aromatic rings. The Morgan fingerprint density at radius 2 is 2.16 bits per heavy atom. The molecule has 1 atom stereocenters. The van der Waals surface area contributed by atoms with Crippen LogP contribution in [0.2, 0.25) is 0 Å². The Kier molecular flexibility index (Phi) is 3.73. The summed E-state index contributed by atoms with van der Waals surface area (Å²) in [6, 6.07) is 2.43. The summed E-state index contributed by atoms with van der Waals surface area (Å²) in [5.74, 6) is -0.217. The van der Waals surface area contributed by atoms with Gasteiger partial charge in [0.25, 0.3) is 0 Å². The third-order valence-corrected chi connectivity index (χ3v) is 3.23. The molecule has 104 valence electrons. The van der Waals surface area contributed by atoms with Crippen molar-refractivity contribution in [1.82, 2.24) is 5.32 Å². The van der Waals surface area contributed by atoms with Gasteiger partial charge >= 0.3 is 6.18 Å². The molecule has 0 bridgehead atoms. The number of benzene rings is 1. The number of ether oxygens (including phenoxy) is 1. The standard InChI is InChI=1S/C11H10BrF3N2O2/c1-16-9-5-2-6(12)8(19-4-11(13,14)15)3-7(5)17-10(9)18/h2-3,9,16H,4H2,1H3,(H,17,18). The number of amides is 1. The minimum Gasteiger partial charge on any atom is -0.483 e. The van der Waals surface area contributed by atoms with Crippen molar-refractivity contribution in [2.75, 3.05) is 19.0 Å². The first kappa shape index (κ1) is 14.1. The van der Waals surface area contributed by atoms with Crippen molar-refractivity contribution in [3.8, 4) is 5.75 Å². The lowest BCUT2D eigenvalue weighted by atomic mass is 10.1. The van der Waals surface area contributed by atoms with Gasteiger partial charge in [-0.25, -0.2) is 0 Å². The number of carbonyl (C=O) groups is 1. The second-order valence-electron chi connectivity index (χ2n) is 3.98. The fourth-order valence-electron chi connectivity index (χ4n) is 1.82. The number of hydrogen-bond donors (Lipinski definition) is 2. The zero-order valence-electron chi connectivity index (χ0n) is 9.77. The lowest BCUT2D eigenvalue weighted by Crippen LogP contribution is -2.23. The van der Waals surface area contributed by atoms with Crippen molar-refractivity contribution >= 4 is 27.5 Å². The molecule has 1 amide bonds. The van der Waals surface area contributed by atoms with Gasteiger partial charge in [0, 0.05) is 17.3 Å². The fraction of sp³-hybridized carbons (Fsp3) is 0.364. The molecule has 0 radical (unpaired) electrons. The molecule has 0 aromatic heterocycles. The van der Waals surface area contributed by atoms with Crippen LogP contribution < -0.4 is 15.4 Å². The number of carbonyl (C=O) groups excluding carboxylic acids is 1. The predicted molar refractivity (Wildman–Crippen MR) is 66.1 cm³/mol. The molecule has 8 heteroatoms. The van der Waals surface area contributed by atoms with Crippen molar-refractivity contribution in [2.45, 2.75) is 12.2 Å². The molecule has 1 unspecified atom stereocenters. The fourth-order valence-corrected chi connectivity index (χ4v) is 2.29. The Morgan fingerprint density at radius 3 is 2.74 bits per heavy atom. The number of rotatable bonds is 3. The third kappa shape index (κ3) is 3.01. The van der Waals surface area contributed by atoms with Gasteiger partial charge in [-0.2, -0.15) is 13.2 Å². The maximum Gasteiger partial charge on any atom is 0.422 e. The first-order valence-corrected chi connectivity index (χ1v) is 6.12. The van der Waals surface area contributed by atoms with Gasteiger partial charge in [-0.3, -0.25) is 4.79 Å². The van der Waals surface area contributed by atoms with Crippen LogP contribution in [0.5, 0.6) is 5.75 Å². The molecular formula is C11H10BrF3N2O2. The van der Waals surface area contributed by atoms with Crippen LogP contribution in [0.15, 0.2) is 16.6 Å². The van der Waals surface area contributed by atoms with Gasteiger partial charge in [0.1, 0.15) is 11.8 Å². The second kappa shape index (κ2) is 5.01. The maximum atomic E-state index is 12.1. The maximum absolute atomic E-state index is 12.1. The topological polar surface area (TPSA) is 50.4 Å². The van der Waals surface area contributed by atoms with Gasteiger partial charge in [-0.05, 0) is 29.0 Å². The van der Waals surface area contributed by atoms with Gasteiger partial charge in [-0.1, -0.05) is 0 Å². The van der Waals surface area contributed by atoms with Gasteiger partial charge in [0.2, 0.25) is 5.91 Å². The van der Waals surface area contributed by atoms with Crippen LogP contribution >= 0.6 is 15.9 Å². The Hall–Kier alpha value is -1.28. The zero-order chi connectivity index (χ0) is 14.2. The third-order valence-electron chi connectivity index (χ3n) is 2.62. The van der Waals surface area contributed by atoms with Crippen LogP contribution in [-0.4, -0.2) is 25.7 Å². The van der Waals surface area contributed by atoms with E-state index in [1.807, 2.05) is 0 Å². The summed E-state index contributed by atoms with van der Waals surface area (Å²) in [5.41, 5.74) is 1.11. The molecule has 1 heterocycles. The number of nitrogens with one attached hydrogen (secondary N) is 2. The molecule has 4 nitrogen and oxygen atoms in total. The number of fused-ring (bicyclic) bond motifs is 1. The van der Waals surface area contributed by atoms with Crippen molar-refractivity contribution in [2.24, 2.45) is 0 Å². The van der Waals surface area contributed by atoms with Crippen molar-refractivity contribution in [1.29, 1.82) is 0 Å². The van der Waals surface area contributed by atoms with E-state index in [1.165, 1.54) is 6.07 Å². The SMILES string of the molecule is CNC1C(=O)Nc2cc(OCC(F)(F)F)c(Br)cc21. The van der Waals surface area contributed by atoms with Crippen molar-refractivity contribution < 1.29 is 22.7 Å². The van der Waals surface area contributed by atoms with E-state index in [-0.39, 0.29) is 11.7 Å². The lowest BCUT2D eigenvalue weighted by Gasteiger charge is -2.13. The van der Waals surface area contributed by atoms with Crippen LogP contribution in [0.4, 0.5) is 18.9 Å². The summed E-state index contributed by atoms with van der Waals surface area (Å²) in [6.45, 7) is -1.38. The number of halogens is 4. The van der Waals surface area contributed by atoms with E-state index in [2.05, 4.69) is 31.3 Å². The Labute approximate surface area is 115 Å². The Bertz CT molecular complexity index is 519. The molecular weight excluding hydrogens is 329 g/mol. The highest BCUT2D eigenvalue weighted by molar-refractivity contribution is 9.10. The summed E-state index contributed by atoms with van der Waals surface area (Å²) in [5, 5.41) is 5.40. The second-order valence-corrected chi connectivity index (χ2v) is 4.84. The Balaban J connectivity index is 2.26. The van der Waals surface area contributed by atoms with Crippen LogP contribution in [0.25, 0.3) is 0 Å². The van der Waals surface area contributed by atoms with E-state index in [0.29, 0.717) is 15.7 Å². The van der Waals surface area contributed by atoms with Crippen LogP contribution in [0.3, 0.4) is 0 Å². The highest BCUT2D eigenvalue weighted by Crippen LogP contribution is 2.39. The Morgan fingerprint density at radius 1 is 1.47 bits per heavy atom. The molecule has 0 saturated heterocycles. The molecule has 0 fully saturated rings. The number of anilines is 1. The minimum atomic E-state index is -4.41. The molecule has 2 rings (SSSR count). The molecule has 1 aliphatic heterocycles. The lowest BCUT2D eigenvalue weighted by molar-refractivity contribution is -0.153. The van der Waals surface area contributed by atoms with Crippen molar-refractivity contribution in [3.63, 3.8) is 0 Å². The summed E-state index contributed by atoms with van der Waals surface area (Å²) in [6.07, 6.45) is -4.41. The van der Waals surface area contributed by atoms with Gasteiger partial charge in [-0.15, -0.1) is 0 Å². The number of likely N-dealkylation sites (N-methyl/N-ethyl adjacent to an activating group) is 1. The molecule has 1 aromatic carbocycles. The first-order valence-electron chi connectivity index (χ1n) is 5.33. The summed E-state index contributed by atoms with van der Waals surface area (Å²) < 4.78 is 41.4. The minimum absolute atomic E-state index is 0.0353. The predicted octanol–water partition coefficient (Wildman–Crippen LogP) is 2.60. The average Bonchev–Trinajstić information content (AvgIpc) is 2.59. The molecule has 0 spiro atoms. The normalized spacial score (nSPS) is 18.2. The van der Waals surface area contributed by atoms with Gasteiger partial charge in [0.15, 0.2) is 6.61 Å². The summed E-state index contributed by atoms with van der Waals surface area (Å²) in [7, 11) is 1.63. The van der Waals surface area contributed by atoms with E-state index in [1.54, 1.807) is 13.1 Å². The van der Waals surface area contributed by atoms with E-state index < -0.39 is 18.8 Å². The molecule has 1 aliphatic rings. The zero-order valence-corrected chi connectivity index (χ0v) is 11.4. The summed E-state index contributed by atoms with van der Waals surface area (Å²) >= 11 is 3.14. The van der Waals surface area contributed by atoms with E-state index in [0.717, 1.165) is 0 Å². The largest absolute Gasteiger partial charge is 0.483 e. The monoisotopic (exact) mass is 338 g/mol. The van der Waals surface area contributed by atoms with Gasteiger partial charge < -0.3 is 15.4 Å². The highest BCUT2D eigenvalue weighted by Gasteiger charge is 2.32. The molecule has 0 aliphatic carbocycles. The molecule has 0 saturated carbocycles. The first-order chi connectivity index (χ1) is 8.81. The van der Waals surface area contributed by atoms with Crippen LogP contribution in [-0.2, 0) is 4.79 Å². The smallest absolute Gasteiger partial charge is 0.422 e. The quantitative estimate of drug-likeness (QED) is 0.890. The average molecular weight is 339 g/mol. The number of hydrogen-bond acceptors (Lipinski definition) is 3. The summed E-state index contributed by atoms with van der Waals surface area (Å²) in [4.78, 5) is 11.6. The van der Waals surface area contributed by atoms with Crippen LogP contribution in [0, 0.1) is 0 Å². The van der Waals surface area contributed by atoms with Crippen LogP contribution in [0.1, 0.15) is 11.6 Å². The van der Waals surface area contributed by atoms with E-state index in [4.69, 9.17) is 0 Å².